The molecule has 0 unspecified atom stereocenters. The Hall–Kier alpha value is -5.69. The first-order valence-electron chi connectivity index (χ1n) is 15.1. The number of esters is 1. The third kappa shape index (κ3) is 7.87. The summed E-state index contributed by atoms with van der Waals surface area (Å²) in [7, 11) is 1.34. The smallest absolute Gasteiger partial charge is 0.328 e. The van der Waals surface area contributed by atoms with Crippen LogP contribution in [-0.2, 0) is 20.7 Å². The third-order valence-electron chi connectivity index (χ3n) is 7.59. The molecule has 0 aliphatic heterocycles. The second-order valence-electron chi connectivity index (χ2n) is 10.7. The van der Waals surface area contributed by atoms with Gasteiger partial charge in [-0.05, 0) is 65.7 Å². The second-order valence-corrected chi connectivity index (χ2v) is 10.7. The number of hydrogen-bond acceptors (Lipinski definition) is 6. The van der Waals surface area contributed by atoms with Gasteiger partial charge in [0.2, 0.25) is 0 Å². The average Bonchev–Trinajstić information content (AvgIpc) is 3.10. The van der Waals surface area contributed by atoms with E-state index in [0.29, 0.717) is 35.5 Å². The van der Waals surface area contributed by atoms with Gasteiger partial charge in [0.1, 0.15) is 18.4 Å². The third-order valence-corrected chi connectivity index (χ3v) is 7.59. The molecule has 0 fully saturated rings. The van der Waals surface area contributed by atoms with Crippen molar-refractivity contribution < 1.29 is 23.9 Å². The first kappa shape index (κ1) is 31.7. The summed E-state index contributed by atoms with van der Waals surface area (Å²) in [6.45, 7) is 2.46. The number of ether oxygens (including phenoxy) is 2. The van der Waals surface area contributed by atoms with E-state index < -0.39 is 12.0 Å². The Morgan fingerprint density at radius 1 is 0.804 bits per heavy atom. The number of benzene rings is 5. The van der Waals surface area contributed by atoms with E-state index in [4.69, 9.17) is 9.47 Å². The number of amides is 1. The lowest BCUT2D eigenvalue weighted by molar-refractivity contribution is -0.141. The zero-order chi connectivity index (χ0) is 32.3. The van der Waals surface area contributed by atoms with E-state index in [9.17, 15) is 14.4 Å². The van der Waals surface area contributed by atoms with E-state index in [1.807, 2.05) is 97.9 Å². The molecular formula is C39H36N2O5. The molecule has 5 aromatic carbocycles. The van der Waals surface area contributed by atoms with Crippen molar-refractivity contribution in [2.24, 2.45) is 0 Å². The molecule has 0 spiro atoms. The summed E-state index contributed by atoms with van der Waals surface area (Å²) < 4.78 is 11.1. The van der Waals surface area contributed by atoms with Crippen molar-refractivity contribution >= 4 is 39.8 Å². The van der Waals surface area contributed by atoms with E-state index in [-0.39, 0.29) is 18.3 Å². The number of nitrogens with one attached hydrogen (secondary N) is 1. The fourth-order valence-electron chi connectivity index (χ4n) is 5.23. The van der Waals surface area contributed by atoms with Crippen LogP contribution in [-0.4, -0.2) is 44.0 Å². The molecule has 0 aliphatic carbocycles. The lowest BCUT2D eigenvalue weighted by atomic mass is 10.00. The largest absolute Gasteiger partial charge is 0.492 e. The van der Waals surface area contributed by atoms with Gasteiger partial charge in [0.05, 0.1) is 13.7 Å². The van der Waals surface area contributed by atoms with Gasteiger partial charge in [-0.15, -0.1) is 0 Å². The summed E-state index contributed by atoms with van der Waals surface area (Å²) in [6.07, 6.45) is 3.60. The van der Waals surface area contributed by atoms with Crippen LogP contribution in [0.3, 0.4) is 0 Å². The van der Waals surface area contributed by atoms with E-state index in [1.165, 1.54) is 7.11 Å². The summed E-state index contributed by atoms with van der Waals surface area (Å²) >= 11 is 0. The minimum atomic E-state index is -0.727. The number of allylic oxidation sites excluding steroid dienone is 1. The van der Waals surface area contributed by atoms with Crippen molar-refractivity contribution in [1.29, 1.82) is 0 Å². The Morgan fingerprint density at radius 3 is 2.24 bits per heavy atom. The highest BCUT2D eigenvalue weighted by Gasteiger charge is 2.23. The standard InChI is InChI=1S/C39H36N2O5/c1-3-11-37(42)41(32-21-20-29-12-7-8-15-31(29)27-32)24-25-46-33-22-18-28(19-23-33)26-36(39(44)45-2)40-35-17-10-9-16-34(35)38(43)30-13-5-4-6-14-30/h3-23,27,36,40H,24-26H2,1-2H3/b11-3+/t36-/m0/s1. The number of fused-ring (bicyclic) bond motifs is 1. The monoisotopic (exact) mass is 612 g/mol. The van der Waals surface area contributed by atoms with E-state index >= 15 is 0 Å². The highest BCUT2D eigenvalue weighted by molar-refractivity contribution is 6.12. The molecule has 1 N–H and O–H groups in total. The van der Waals surface area contributed by atoms with Crippen LogP contribution in [0.2, 0.25) is 0 Å². The van der Waals surface area contributed by atoms with Crippen LogP contribution in [0.4, 0.5) is 11.4 Å². The van der Waals surface area contributed by atoms with Gasteiger partial charge in [-0.2, -0.15) is 0 Å². The molecule has 5 rings (SSSR count). The van der Waals surface area contributed by atoms with Crippen molar-refractivity contribution in [3.8, 4) is 5.75 Å². The predicted octanol–water partition coefficient (Wildman–Crippen LogP) is 7.26. The number of methoxy groups -OCH3 is 1. The molecule has 0 heterocycles. The summed E-state index contributed by atoms with van der Waals surface area (Å²) in [5.74, 6) is -0.0607. The van der Waals surface area contributed by atoms with Crippen LogP contribution in [0.1, 0.15) is 28.4 Å². The Bertz CT molecular complexity index is 1830. The molecule has 0 saturated heterocycles. The molecule has 0 radical (unpaired) electrons. The van der Waals surface area contributed by atoms with Gasteiger partial charge >= 0.3 is 5.97 Å². The van der Waals surface area contributed by atoms with Crippen molar-refractivity contribution in [1.82, 2.24) is 0 Å². The molecular weight excluding hydrogens is 576 g/mol. The summed E-state index contributed by atoms with van der Waals surface area (Å²) in [5, 5.41) is 5.40. The van der Waals surface area contributed by atoms with Crippen molar-refractivity contribution in [3.05, 3.63) is 150 Å². The highest BCUT2D eigenvalue weighted by atomic mass is 16.5. The van der Waals surface area contributed by atoms with E-state index in [0.717, 1.165) is 22.0 Å². The molecule has 0 bridgehead atoms. The molecule has 232 valence electrons. The molecule has 0 aliphatic rings. The maximum atomic E-state index is 13.2. The van der Waals surface area contributed by atoms with E-state index in [1.54, 1.807) is 47.4 Å². The maximum absolute atomic E-state index is 13.2. The number of ketones is 1. The Kier molecular flexibility index (Phi) is 10.6. The maximum Gasteiger partial charge on any atom is 0.328 e. The Labute approximate surface area is 269 Å². The number of hydrogen-bond donors (Lipinski definition) is 1. The number of carbonyl (C=O) groups excluding carboxylic acids is 3. The van der Waals surface area contributed by atoms with Gasteiger partial charge in [0.25, 0.3) is 5.91 Å². The fraction of sp³-hybridized carbons (Fsp3) is 0.154. The molecule has 0 aromatic heterocycles. The van der Waals surface area contributed by atoms with Crippen molar-refractivity contribution in [2.75, 3.05) is 30.5 Å². The van der Waals surface area contributed by atoms with Crippen LogP contribution >= 0.6 is 0 Å². The average molecular weight is 613 g/mol. The summed E-state index contributed by atoms with van der Waals surface area (Å²) in [4.78, 5) is 40.7. The Morgan fingerprint density at radius 2 is 1.50 bits per heavy atom. The quantitative estimate of drug-likeness (QED) is 0.0856. The first-order chi connectivity index (χ1) is 22.5. The predicted molar refractivity (Wildman–Crippen MR) is 182 cm³/mol. The van der Waals surface area contributed by atoms with Crippen LogP contribution in [0.15, 0.2) is 133 Å². The van der Waals surface area contributed by atoms with Gasteiger partial charge < -0.3 is 19.7 Å². The Balaban J connectivity index is 1.24. The van der Waals surface area contributed by atoms with Crippen molar-refractivity contribution in [2.45, 2.75) is 19.4 Å². The minimum absolute atomic E-state index is 0.120. The second kappa shape index (κ2) is 15.3. The normalized spacial score (nSPS) is 11.6. The number of rotatable bonds is 13. The zero-order valence-corrected chi connectivity index (χ0v) is 25.9. The van der Waals surface area contributed by atoms with Gasteiger partial charge in [0.15, 0.2) is 5.78 Å². The number of para-hydroxylation sites is 1. The minimum Gasteiger partial charge on any atom is -0.492 e. The molecule has 7 heteroatoms. The van der Waals surface area contributed by atoms with Crippen molar-refractivity contribution in [3.63, 3.8) is 0 Å². The molecule has 1 atom stereocenters. The van der Waals surface area contributed by atoms with Crippen LogP contribution in [0.25, 0.3) is 10.8 Å². The zero-order valence-electron chi connectivity index (χ0n) is 25.9. The van der Waals surface area contributed by atoms with Gasteiger partial charge in [-0.1, -0.05) is 91.0 Å². The van der Waals surface area contributed by atoms with Crippen LogP contribution in [0, 0.1) is 0 Å². The number of carbonyl (C=O) groups is 3. The van der Waals surface area contributed by atoms with E-state index in [2.05, 4.69) is 5.32 Å². The van der Waals surface area contributed by atoms with Gasteiger partial charge in [-0.25, -0.2) is 4.79 Å². The molecule has 7 nitrogen and oxygen atoms in total. The highest BCUT2D eigenvalue weighted by Crippen LogP contribution is 2.24. The molecule has 1 amide bonds. The SMILES string of the molecule is C/C=C/C(=O)N(CCOc1ccc(C[C@H](Nc2ccccc2C(=O)c2ccccc2)C(=O)OC)cc1)c1ccc2ccccc2c1. The molecule has 0 saturated carbocycles. The summed E-state index contributed by atoms with van der Waals surface area (Å²) in [5.41, 5.74) is 3.26. The lowest BCUT2D eigenvalue weighted by Crippen LogP contribution is -2.33. The molecule has 46 heavy (non-hydrogen) atoms. The number of anilines is 2. The lowest BCUT2D eigenvalue weighted by Gasteiger charge is -2.22. The summed E-state index contributed by atoms with van der Waals surface area (Å²) in [6, 6.07) is 36.9. The van der Waals surface area contributed by atoms with Crippen LogP contribution < -0.4 is 15.0 Å². The fourth-order valence-corrected chi connectivity index (χ4v) is 5.23. The topological polar surface area (TPSA) is 84.9 Å². The van der Waals surface area contributed by atoms with Gasteiger partial charge in [0, 0.05) is 28.9 Å². The number of nitrogens with zero attached hydrogens (tertiary/aromatic N) is 1. The first-order valence-corrected chi connectivity index (χ1v) is 15.1. The molecule has 5 aromatic rings. The van der Waals surface area contributed by atoms with Gasteiger partial charge in [-0.3, -0.25) is 9.59 Å². The van der Waals surface area contributed by atoms with Crippen LogP contribution in [0.5, 0.6) is 5.75 Å².